The molecule has 1 aliphatic rings. The predicted octanol–water partition coefficient (Wildman–Crippen LogP) is 4.75. The van der Waals surface area contributed by atoms with Crippen LogP contribution in [-0.4, -0.2) is 36.6 Å². The van der Waals surface area contributed by atoms with Crippen molar-refractivity contribution in [2.75, 3.05) is 20.6 Å². The van der Waals surface area contributed by atoms with Gasteiger partial charge in [-0.2, -0.15) is 0 Å². The minimum absolute atomic E-state index is 0. The van der Waals surface area contributed by atoms with E-state index in [1.807, 2.05) is 0 Å². The summed E-state index contributed by atoms with van der Waals surface area (Å²) in [4.78, 5) is 15.3. The summed E-state index contributed by atoms with van der Waals surface area (Å²) in [6, 6.07) is 10.8. The number of aliphatic carboxylic acids is 1. The van der Waals surface area contributed by atoms with Crippen molar-refractivity contribution in [2.45, 2.75) is 19.3 Å². The molecule has 0 saturated carbocycles. The molecular weight excluding hydrogens is 366 g/mol. The van der Waals surface area contributed by atoms with Crippen molar-refractivity contribution in [3.63, 3.8) is 0 Å². The van der Waals surface area contributed by atoms with E-state index in [1.54, 1.807) is 17.4 Å². The van der Waals surface area contributed by atoms with Crippen molar-refractivity contribution in [3.05, 3.63) is 68.9 Å². The Bertz CT molecular complexity index is 836. The van der Waals surface area contributed by atoms with Crippen LogP contribution in [0.3, 0.4) is 0 Å². The minimum atomic E-state index is -0.907. The lowest BCUT2D eigenvalue weighted by molar-refractivity contribution is -0.131. The van der Waals surface area contributed by atoms with Gasteiger partial charge in [0.1, 0.15) is 0 Å². The van der Waals surface area contributed by atoms with Gasteiger partial charge in [0.05, 0.1) is 0 Å². The fraction of sp³-hybridized carbons (Fsp3) is 0.286. The van der Waals surface area contributed by atoms with E-state index in [2.05, 4.69) is 55.4 Å². The molecule has 1 aliphatic carbocycles. The minimum Gasteiger partial charge on any atom is -0.478 e. The second kappa shape index (κ2) is 9.17. The fourth-order valence-electron chi connectivity index (χ4n) is 3.16. The molecule has 0 atom stereocenters. The number of carboxylic acids is 1. The number of benzene rings is 1. The Morgan fingerprint density at radius 3 is 2.69 bits per heavy atom. The summed E-state index contributed by atoms with van der Waals surface area (Å²) >= 11 is 1.69. The highest BCUT2D eigenvalue weighted by atomic mass is 35.5. The van der Waals surface area contributed by atoms with Crippen LogP contribution in [0.1, 0.15) is 32.9 Å². The van der Waals surface area contributed by atoms with Gasteiger partial charge in [-0.15, -0.1) is 23.7 Å². The first-order chi connectivity index (χ1) is 12.0. The normalized spacial score (nSPS) is 14.8. The number of carboxylic acid groups (broad SMARTS) is 1. The van der Waals surface area contributed by atoms with Gasteiger partial charge < -0.3 is 10.0 Å². The highest BCUT2D eigenvalue weighted by Crippen LogP contribution is 2.39. The molecule has 0 unspecified atom stereocenters. The molecule has 0 radical (unpaired) electrons. The maximum atomic E-state index is 10.8. The number of thiophene rings is 1. The van der Waals surface area contributed by atoms with Crippen LogP contribution in [0.2, 0.25) is 0 Å². The highest BCUT2D eigenvalue weighted by Gasteiger charge is 2.20. The first-order valence-electron chi connectivity index (χ1n) is 8.52. The van der Waals surface area contributed by atoms with Crippen LogP contribution in [0.5, 0.6) is 0 Å². The summed E-state index contributed by atoms with van der Waals surface area (Å²) in [5, 5.41) is 8.87. The quantitative estimate of drug-likeness (QED) is 0.750. The monoisotopic (exact) mass is 389 g/mol. The smallest absolute Gasteiger partial charge is 0.328 e. The number of fused-ring (bicyclic) bond motifs is 2. The van der Waals surface area contributed by atoms with Crippen LogP contribution in [0, 0.1) is 0 Å². The van der Waals surface area contributed by atoms with E-state index in [9.17, 15) is 4.79 Å². The fourth-order valence-corrected chi connectivity index (χ4v) is 4.33. The van der Waals surface area contributed by atoms with Crippen molar-refractivity contribution in [3.8, 4) is 0 Å². The van der Waals surface area contributed by atoms with Crippen molar-refractivity contribution in [1.29, 1.82) is 0 Å². The number of rotatable bonds is 5. The van der Waals surface area contributed by atoms with Crippen LogP contribution >= 0.6 is 23.7 Å². The van der Waals surface area contributed by atoms with E-state index in [0.717, 1.165) is 30.7 Å². The summed E-state index contributed by atoms with van der Waals surface area (Å²) in [6.07, 6.45) is 8.26. The molecule has 0 saturated heterocycles. The third kappa shape index (κ3) is 4.85. The standard InChI is InChI=1S/C21H23NO2S.ClH/c1-22(2)13-5-8-19-18-7-4-3-6-15(18)9-10-16-14-17(25-21(16)19)11-12-20(23)24;/h3-4,6-8,11-12,14H,5,9-10,13H2,1-2H3,(H,23,24);1H. The number of hydrogen-bond donors (Lipinski definition) is 1. The number of hydrogen-bond acceptors (Lipinski definition) is 3. The molecule has 26 heavy (non-hydrogen) atoms. The summed E-state index contributed by atoms with van der Waals surface area (Å²) in [5.74, 6) is -0.907. The Hall–Kier alpha value is -1.88. The molecule has 0 spiro atoms. The molecule has 1 aromatic carbocycles. The SMILES string of the molecule is CN(C)CCC=C1c2ccccc2CCc2cc(C=CC(=O)O)sc21.Cl. The van der Waals surface area contributed by atoms with Crippen molar-refractivity contribution < 1.29 is 9.90 Å². The van der Waals surface area contributed by atoms with Gasteiger partial charge in [-0.25, -0.2) is 4.79 Å². The average molecular weight is 390 g/mol. The Morgan fingerprint density at radius 2 is 1.96 bits per heavy atom. The molecule has 1 aromatic heterocycles. The lowest BCUT2D eigenvalue weighted by Crippen LogP contribution is -2.12. The van der Waals surface area contributed by atoms with Crippen molar-refractivity contribution >= 4 is 41.4 Å². The second-order valence-electron chi connectivity index (χ2n) is 6.54. The largest absolute Gasteiger partial charge is 0.478 e. The van der Waals surface area contributed by atoms with E-state index in [1.165, 1.54) is 33.2 Å². The van der Waals surface area contributed by atoms with Crippen molar-refractivity contribution in [1.82, 2.24) is 4.90 Å². The first kappa shape index (κ1) is 20.4. The van der Waals surface area contributed by atoms with E-state index in [0.29, 0.717) is 0 Å². The molecule has 0 fully saturated rings. The molecule has 5 heteroatoms. The van der Waals surface area contributed by atoms with Crippen LogP contribution in [0.4, 0.5) is 0 Å². The van der Waals surface area contributed by atoms with Gasteiger partial charge >= 0.3 is 5.97 Å². The number of nitrogens with zero attached hydrogens (tertiary/aromatic N) is 1. The summed E-state index contributed by atoms with van der Waals surface area (Å²) < 4.78 is 0. The molecule has 3 rings (SSSR count). The van der Waals surface area contributed by atoms with Gasteiger partial charge in [0.15, 0.2) is 0 Å². The molecule has 2 aromatic rings. The number of carbonyl (C=O) groups is 1. The van der Waals surface area contributed by atoms with E-state index >= 15 is 0 Å². The zero-order valence-electron chi connectivity index (χ0n) is 15.1. The highest BCUT2D eigenvalue weighted by molar-refractivity contribution is 7.14. The molecule has 1 N–H and O–H groups in total. The Morgan fingerprint density at radius 1 is 1.23 bits per heavy atom. The van der Waals surface area contributed by atoms with Gasteiger partial charge in [0.25, 0.3) is 0 Å². The zero-order chi connectivity index (χ0) is 17.8. The maximum absolute atomic E-state index is 10.8. The van der Waals surface area contributed by atoms with E-state index in [4.69, 9.17) is 5.11 Å². The number of halogens is 1. The summed E-state index contributed by atoms with van der Waals surface area (Å²) in [6.45, 7) is 1.01. The maximum Gasteiger partial charge on any atom is 0.328 e. The molecule has 138 valence electrons. The molecule has 0 amide bonds. The molecular formula is C21H24ClNO2S. The Labute approximate surface area is 165 Å². The predicted molar refractivity (Wildman–Crippen MR) is 112 cm³/mol. The zero-order valence-corrected chi connectivity index (χ0v) is 16.7. The summed E-state index contributed by atoms with van der Waals surface area (Å²) in [5.41, 5.74) is 5.33. The molecule has 0 aliphatic heterocycles. The van der Waals surface area contributed by atoms with Crippen LogP contribution < -0.4 is 0 Å². The van der Waals surface area contributed by atoms with Crippen LogP contribution in [-0.2, 0) is 17.6 Å². The lowest BCUT2D eigenvalue weighted by atomic mass is 9.98. The first-order valence-corrected chi connectivity index (χ1v) is 9.33. The van der Waals surface area contributed by atoms with E-state index < -0.39 is 5.97 Å². The van der Waals surface area contributed by atoms with Gasteiger partial charge in [0, 0.05) is 22.4 Å². The van der Waals surface area contributed by atoms with Gasteiger partial charge in [-0.1, -0.05) is 30.3 Å². The third-order valence-corrected chi connectivity index (χ3v) is 5.53. The average Bonchev–Trinajstić information content (AvgIpc) is 2.92. The Kier molecular flexibility index (Phi) is 7.21. The Balaban J connectivity index is 0.00000243. The molecule has 1 heterocycles. The van der Waals surface area contributed by atoms with Crippen LogP contribution in [0.25, 0.3) is 11.6 Å². The van der Waals surface area contributed by atoms with Gasteiger partial charge in [-0.05, 0) is 67.8 Å². The molecule has 0 bridgehead atoms. The molecule has 3 nitrogen and oxygen atoms in total. The number of aryl methyl sites for hydroxylation is 2. The van der Waals surface area contributed by atoms with Crippen molar-refractivity contribution in [2.24, 2.45) is 0 Å². The van der Waals surface area contributed by atoms with Crippen LogP contribution in [0.15, 0.2) is 42.5 Å². The topological polar surface area (TPSA) is 40.5 Å². The van der Waals surface area contributed by atoms with E-state index in [-0.39, 0.29) is 12.4 Å². The second-order valence-corrected chi connectivity index (χ2v) is 7.63. The summed E-state index contributed by atoms with van der Waals surface area (Å²) in [7, 11) is 4.18. The lowest BCUT2D eigenvalue weighted by Gasteiger charge is -2.11. The van der Waals surface area contributed by atoms with Gasteiger partial charge in [-0.3, -0.25) is 0 Å². The third-order valence-electron chi connectivity index (χ3n) is 4.36. The van der Waals surface area contributed by atoms with Gasteiger partial charge in [0.2, 0.25) is 0 Å².